The van der Waals surface area contributed by atoms with E-state index in [1.165, 1.54) is 0 Å². The molecule has 0 radical (unpaired) electrons. The van der Waals surface area contributed by atoms with Crippen LogP contribution in [-0.2, 0) is 14.3 Å². The maximum absolute atomic E-state index is 11.2. The van der Waals surface area contributed by atoms with Gasteiger partial charge in [0.25, 0.3) is 0 Å². The number of rotatable bonds is 5. The molecule has 28 heavy (non-hydrogen) atoms. The third kappa shape index (κ3) is 2.31. The smallest absolute Gasteiger partial charge is 0.317 e. The Balaban J connectivity index is 1.61. The number of piperidine rings is 1. The number of nitrogens with zero attached hydrogens (tertiary/aromatic N) is 1. The third-order valence-electron chi connectivity index (χ3n) is 8.85. The molecule has 158 valence electrons. The molecule has 5 fully saturated rings. The van der Waals surface area contributed by atoms with E-state index in [1.807, 2.05) is 0 Å². The molecule has 2 bridgehead atoms. The van der Waals surface area contributed by atoms with E-state index in [-0.39, 0.29) is 35.8 Å². The van der Waals surface area contributed by atoms with Crippen molar-refractivity contribution in [3.63, 3.8) is 0 Å². The monoisotopic (exact) mass is 394 g/mol. The number of nitrogens with one attached hydrogen (secondary N) is 1. The number of carbonyl (C=O) groups is 1. The van der Waals surface area contributed by atoms with Gasteiger partial charge in [0.1, 0.15) is 0 Å². The summed E-state index contributed by atoms with van der Waals surface area (Å²) >= 11 is 0. The molecule has 3 aliphatic carbocycles. The summed E-state index contributed by atoms with van der Waals surface area (Å²) in [7, 11) is 2.23. The van der Waals surface area contributed by atoms with Crippen LogP contribution in [0.5, 0.6) is 0 Å². The van der Waals surface area contributed by atoms with Gasteiger partial charge in [0.05, 0.1) is 30.5 Å². The molecule has 3 N–H and O–H groups in total. The number of likely N-dealkylation sites (N-methyl/N-ethyl adjacent to an activating group) is 1. The average Bonchev–Trinajstić information content (AvgIpc) is 3.01. The Bertz CT molecular complexity index is 646. The molecule has 9 atom stereocenters. The lowest BCUT2D eigenvalue weighted by molar-refractivity contribution is -0.277. The number of hydrogen-bond donors (Lipinski definition) is 3. The van der Waals surface area contributed by atoms with E-state index in [2.05, 4.69) is 24.2 Å². The minimum atomic E-state index is -0.836. The highest BCUT2D eigenvalue weighted by atomic mass is 16.5. The van der Waals surface area contributed by atoms with Crippen molar-refractivity contribution in [1.29, 1.82) is 0 Å². The Kier molecular flexibility index (Phi) is 4.56. The van der Waals surface area contributed by atoms with Gasteiger partial charge in [-0.2, -0.15) is 0 Å². The molecule has 0 amide bonds. The van der Waals surface area contributed by atoms with Crippen molar-refractivity contribution in [2.75, 3.05) is 26.7 Å². The highest BCUT2D eigenvalue weighted by Crippen LogP contribution is 2.70. The molecule has 5 unspecified atom stereocenters. The van der Waals surface area contributed by atoms with Gasteiger partial charge in [-0.05, 0) is 65.0 Å². The number of carboxylic acids is 1. The van der Waals surface area contributed by atoms with Crippen LogP contribution in [0, 0.1) is 17.3 Å². The van der Waals surface area contributed by atoms with Gasteiger partial charge in [-0.1, -0.05) is 0 Å². The van der Waals surface area contributed by atoms with Crippen molar-refractivity contribution in [3.8, 4) is 0 Å². The predicted octanol–water partition coefficient (Wildman–Crippen LogP) is 0.847. The van der Waals surface area contributed by atoms with Gasteiger partial charge in [-0.25, -0.2) is 0 Å². The normalized spacial score (nSPS) is 52.3. The van der Waals surface area contributed by atoms with Gasteiger partial charge in [0, 0.05) is 30.0 Å². The summed E-state index contributed by atoms with van der Waals surface area (Å²) in [6, 6.07) is 0.383. The molecular formula is C21H34N2O5. The van der Waals surface area contributed by atoms with E-state index >= 15 is 0 Å². The highest BCUT2D eigenvalue weighted by molar-refractivity contribution is 5.69. The van der Waals surface area contributed by atoms with Gasteiger partial charge in [0.15, 0.2) is 0 Å². The zero-order valence-electron chi connectivity index (χ0n) is 17.0. The Hall–Kier alpha value is -0.730. The molecular weight excluding hydrogens is 360 g/mol. The first-order valence-electron chi connectivity index (χ1n) is 11.1. The SMILES string of the molecule is CCO[C@]12CC[C@@H](NCC(=O)O)[C@@H]3OC4C(O)CCC5CC1N(C)CC[C@]32C54. The molecule has 2 aliphatic heterocycles. The largest absolute Gasteiger partial charge is 0.480 e. The lowest BCUT2D eigenvalue weighted by Crippen LogP contribution is -2.78. The number of aliphatic hydroxyl groups excluding tert-OH is 1. The second kappa shape index (κ2) is 6.64. The molecule has 0 aromatic heterocycles. The topological polar surface area (TPSA) is 91.3 Å². The number of aliphatic carboxylic acids is 1. The zero-order valence-corrected chi connectivity index (χ0v) is 17.0. The van der Waals surface area contributed by atoms with Crippen molar-refractivity contribution >= 4 is 5.97 Å². The van der Waals surface area contributed by atoms with Crippen molar-refractivity contribution in [3.05, 3.63) is 0 Å². The van der Waals surface area contributed by atoms with Crippen LogP contribution >= 0.6 is 0 Å². The van der Waals surface area contributed by atoms with Gasteiger partial charge >= 0.3 is 5.97 Å². The van der Waals surface area contributed by atoms with E-state index in [1.54, 1.807) is 0 Å². The summed E-state index contributed by atoms with van der Waals surface area (Å²) in [6.07, 6.45) is 5.12. The maximum Gasteiger partial charge on any atom is 0.317 e. The van der Waals surface area contributed by atoms with Crippen LogP contribution in [0.25, 0.3) is 0 Å². The minimum Gasteiger partial charge on any atom is -0.480 e. The summed E-state index contributed by atoms with van der Waals surface area (Å²) in [5.41, 5.74) is -0.391. The van der Waals surface area contributed by atoms with Crippen molar-refractivity contribution in [2.45, 2.75) is 81.4 Å². The van der Waals surface area contributed by atoms with Crippen molar-refractivity contribution < 1.29 is 24.5 Å². The van der Waals surface area contributed by atoms with Crippen molar-refractivity contribution in [2.24, 2.45) is 17.3 Å². The lowest BCUT2D eigenvalue weighted by atomic mass is 9.42. The van der Waals surface area contributed by atoms with E-state index in [0.717, 1.165) is 45.1 Å². The fourth-order valence-corrected chi connectivity index (χ4v) is 8.12. The summed E-state index contributed by atoms with van der Waals surface area (Å²) in [6.45, 7) is 3.72. The molecule has 1 spiro atoms. The summed E-state index contributed by atoms with van der Waals surface area (Å²) in [4.78, 5) is 13.7. The molecule has 5 aliphatic rings. The highest BCUT2D eigenvalue weighted by Gasteiger charge is 2.78. The summed E-state index contributed by atoms with van der Waals surface area (Å²) in [5, 5.41) is 23.3. The first kappa shape index (κ1) is 19.2. The molecule has 7 heteroatoms. The number of carboxylic acid groups (broad SMARTS) is 1. The first-order valence-corrected chi connectivity index (χ1v) is 11.1. The fraction of sp³-hybridized carbons (Fsp3) is 0.952. The fourth-order valence-electron chi connectivity index (χ4n) is 8.12. The van der Waals surface area contributed by atoms with Crippen LogP contribution < -0.4 is 5.32 Å². The van der Waals surface area contributed by atoms with Crippen molar-refractivity contribution in [1.82, 2.24) is 10.2 Å². The average molecular weight is 395 g/mol. The Morgan fingerprint density at radius 3 is 2.89 bits per heavy atom. The van der Waals surface area contributed by atoms with Crippen LogP contribution in [0.15, 0.2) is 0 Å². The predicted molar refractivity (Wildman–Crippen MR) is 102 cm³/mol. The molecule has 5 rings (SSSR count). The molecule has 3 saturated carbocycles. The van der Waals surface area contributed by atoms with E-state index in [0.29, 0.717) is 24.5 Å². The van der Waals surface area contributed by atoms with Crippen LogP contribution in [0.2, 0.25) is 0 Å². The standard InChI is InChI=1S/C21H34N2O5/c1-3-27-21-7-6-13(22-11-16(25)26)19-20(21)8-9-23(2)15(21)10-12-4-5-14(24)18(28-19)17(12)20/h12-15,17-19,22,24H,3-11H2,1-2H3,(H,25,26)/t12?,13-,14?,15?,17?,18?,19+,20+,21-/m1/s1. The Morgan fingerprint density at radius 1 is 1.32 bits per heavy atom. The van der Waals surface area contributed by atoms with Crippen LogP contribution in [0.1, 0.15) is 45.4 Å². The Morgan fingerprint density at radius 2 is 2.14 bits per heavy atom. The number of hydrogen-bond acceptors (Lipinski definition) is 6. The molecule has 0 aromatic rings. The molecule has 2 saturated heterocycles. The van der Waals surface area contributed by atoms with Crippen LogP contribution in [0.3, 0.4) is 0 Å². The van der Waals surface area contributed by atoms with Gasteiger partial charge in [-0.3, -0.25) is 4.79 Å². The molecule has 7 nitrogen and oxygen atoms in total. The van der Waals surface area contributed by atoms with Crippen LogP contribution in [-0.4, -0.2) is 83.8 Å². The van der Waals surface area contributed by atoms with Gasteiger partial charge in [-0.15, -0.1) is 0 Å². The minimum absolute atomic E-state index is 0.00490. The maximum atomic E-state index is 11.2. The summed E-state index contributed by atoms with van der Waals surface area (Å²) in [5.74, 6) is 0.0301. The first-order chi connectivity index (χ1) is 13.4. The number of likely N-dealkylation sites (tertiary alicyclic amines) is 1. The van der Waals surface area contributed by atoms with Crippen LogP contribution in [0.4, 0.5) is 0 Å². The van der Waals surface area contributed by atoms with E-state index in [4.69, 9.17) is 9.47 Å². The second-order valence-electron chi connectivity index (χ2n) is 9.72. The third-order valence-corrected chi connectivity index (χ3v) is 8.85. The van der Waals surface area contributed by atoms with E-state index < -0.39 is 12.1 Å². The number of aliphatic hydroxyl groups is 1. The molecule has 0 aromatic carbocycles. The quantitative estimate of drug-likeness (QED) is 0.637. The second-order valence-corrected chi connectivity index (χ2v) is 9.72. The lowest BCUT2D eigenvalue weighted by Gasteiger charge is -2.69. The summed E-state index contributed by atoms with van der Waals surface area (Å²) < 4.78 is 13.4. The Labute approximate surface area is 166 Å². The number of ether oxygens (including phenoxy) is 2. The zero-order chi connectivity index (χ0) is 19.7. The van der Waals surface area contributed by atoms with Gasteiger partial charge in [0.2, 0.25) is 0 Å². The van der Waals surface area contributed by atoms with Gasteiger partial charge < -0.3 is 29.9 Å². The van der Waals surface area contributed by atoms with E-state index in [9.17, 15) is 15.0 Å². The molecule has 2 heterocycles.